The van der Waals surface area contributed by atoms with Gasteiger partial charge in [-0.05, 0) is 53.9 Å². The molecule has 0 atom stereocenters. The van der Waals surface area contributed by atoms with E-state index in [1.807, 2.05) is 68.4 Å². The minimum Gasteiger partial charge on any atom is -0.484 e. The molecule has 0 aliphatic heterocycles. The van der Waals surface area contributed by atoms with E-state index in [1.54, 1.807) is 6.07 Å². The lowest BCUT2D eigenvalue weighted by Crippen LogP contribution is -2.43. The average molecular weight is 348 g/mol. The van der Waals surface area contributed by atoms with Crippen molar-refractivity contribution in [1.82, 2.24) is 10.9 Å². The molecule has 0 bridgehead atoms. The van der Waals surface area contributed by atoms with Crippen LogP contribution in [0, 0.1) is 13.8 Å². The second kappa shape index (κ2) is 7.70. The Morgan fingerprint density at radius 2 is 1.58 bits per heavy atom. The molecule has 3 aromatic carbocycles. The normalized spacial score (nSPS) is 10.4. The molecule has 0 heterocycles. The van der Waals surface area contributed by atoms with Crippen LogP contribution in [0.3, 0.4) is 0 Å². The van der Waals surface area contributed by atoms with Crippen LogP contribution >= 0.6 is 0 Å². The van der Waals surface area contributed by atoms with Crippen molar-refractivity contribution in [1.29, 1.82) is 0 Å². The monoisotopic (exact) mass is 348 g/mol. The van der Waals surface area contributed by atoms with E-state index in [1.165, 1.54) is 0 Å². The van der Waals surface area contributed by atoms with Crippen molar-refractivity contribution in [2.24, 2.45) is 0 Å². The van der Waals surface area contributed by atoms with Crippen LogP contribution in [0.15, 0.2) is 60.7 Å². The quantitative estimate of drug-likeness (QED) is 0.711. The van der Waals surface area contributed by atoms with Crippen molar-refractivity contribution < 1.29 is 14.3 Å². The van der Waals surface area contributed by atoms with Crippen LogP contribution < -0.4 is 15.6 Å². The second-order valence-corrected chi connectivity index (χ2v) is 6.14. The maximum Gasteiger partial charge on any atom is 0.276 e. The molecule has 5 nitrogen and oxygen atoms in total. The van der Waals surface area contributed by atoms with E-state index in [2.05, 4.69) is 10.9 Å². The molecule has 132 valence electrons. The van der Waals surface area contributed by atoms with Gasteiger partial charge in [-0.15, -0.1) is 0 Å². The van der Waals surface area contributed by atoms with E-state index in [4.69, 9.17) is 4.74 Å². The molecule has 3 rings (SSSR count). The minimum atomic E-state index is -0.433. The zero-order valence-electron chi connectivity index (χ0n) is 14.7. The summed E-state index contributed by atoms with van der Waals surface area (Å²) in [6.45, 7) is 3.74. The van der Waals surface area contributed by atoms with Crippen LogP contribution in [0.5, 0.6) is 5.75 Å². The Morgan fingerprint density at radius 3 is 2.35 bits per heavy atom. The first-order valence-electron chi connectivity index (χ1n) is 8.31. The molecule has 0 saturated carbocycles. The number of carbonyl (C=O) groups excluding carboxylic acids is 2. The van der Waals surface area contributed by atoms with Gasteiger partial charge < -0.3 is 4.74 Å². The van der Waals surface area contributed by atoms with Crippen molar-refractivity contribution >= 4 is 22.6 Å². The van der Waals surface area contributed by atoms with Crippen molar-refractivity contribution in [3.8, 4) is 5.75 Å². The number of carbonyl (C=O) groups is 2. The number of benzene rings is 3. The molecule has 0 aliphatic carbocycles. The lowest BCUT2D eigenvalue weighted by molar-refractivity contribution is -0.123. The van der Waals surface area contributed by atoms with Gasteiger partial charge in [-0.25, -0.2) is 0 Å². The number of fused-ring (bicyclic) bond motifs is 1. The largest absolute Gasteiger partial charge is 0.484 e. The highest BCUT2D eigenvalue weighted by molar-refractivity contribution is 6.07. The van der Waals surface area contributed by atoms with E-state index in [0.29, 0.717) is 11.3 Å². The summed E-state index contributed by atoms with van der Waals surface area (Å²) in [5, 5.41) is 1.79. The smallest absolute Gasteiger partial charge is 0.276 e. The fraction of sp³-hybridized carbons (Fsp3) is 0.143. The van der Waals surface area contributed by atoms with Gasteiger partial charge in [0.2, 0.25) is 0 Å². The fourth-order valence-corrected chi connectivity index (χ4v) is 2.82. The molecule has 2 amide bonds. The van der Waals surface area contributed by atoms with Gasteiger partial charge in [-0.1, -0.05) is 42.5 Å². The van der Waals surface area contributed by atoms with Gasteiger partial charge in [-0.2, -0.15) is 0 Å². The number of hydrogen-bond donors (Lipinski definition) is 2. The molecule has 3 aromatic rings. The summed E-state index contributed by atoms with van der Waals surface area (Å²) in [6.07, 6.45) is 0. The van der Waals surface area contributed by atoms with Gasteiger partial charge >= 0.3 is 0 Å². The molecule has 0 aromatic heterocycles. The number of hydrogen-bond acceptors (Lipinski definition) is 3. The fourth-order valence-electron chi connectivity index (χ4n) is 2.82. The van der Waals surface area contributed by atoms with Gasteiger partial charge in [0.05, 0.1) is 0 Å². The molecule has 0 fully saturated rings. The van der Waals surface area contributed by atoms with Gasteiger partial charge in [0.25, 0.3) is 11.8 Å². The molecule has 0 radical (unpaired) electrons. The van der Waals surface area contributed by atoms with Crippen LogP contribution in [0.1, 0.15) is 21.5 Å². The first kappa shape index (κ1) is 17.5. The van der Waals surface area contributed by atoms with Crippen molar-refractivity contribution in [3.05, 3.63) is 77.4 Å². The Kier molecular flexibility index (Phi) is 5.17. The Morgan fingerprint density at radius 1 is 0.885 bits per heavy atom. The van der Waals surface area contributed by atoms with E-state index in [9.17, 15) is 9.59 Å². The van der Waals surface area contributed by atoms with Crippen LogP contribution in [-0.4, -0.2) is 18.4 Å². The zero-order chi connectivity index (χ0) is 18.5. The average Bonchev–Trinajstić information content (AvgIpc) is 2.63. The maximum absolute atomic E-state index is 12.4. The summed E-state index contributed by atoms with van der Waals surface area (Å²) in [7, 11) is 0. The summed E-state index contributed by atoms with van der Waals surface area (Å²) in [5.74, 6) is -0.183. The Bertz CT molecular complexity index is 941. The van der Waals surface area contributed by atoms with Gasteiger partial charge in [0.15, 0.2) is 6.61 Å². The summed E-state index contributed by atoms with van der Waals surface area (Å²) >= 11 is 0. The molecule has 0 saturated heterocycles. The standard InChI is InChI=1S/C21H20N2O3/c1-14-10-15(2)12-17(11-14)26-13-20(24)22-23-21(25)19-9-5-7-16-6-3-4-8-18(16)19/h3-12H,13H2,1-2H3,(H,22,24)(H,23,25). The molecular weight excluding hydrogens is 328 g/mol. The lowest BCUT2D eigenvalue weighted by atomic mass is 10.0. The van der Waals surface area contributed by atoms with E-state index >= 15 is 0 Å². The SMILES string of the molecule is Cc1cc(C)cc(OCC(=O)NNC(=O)c2cccc3ccccc23)c1. The first-order valence-corrected chi connectivity index (χ1v) is 8.31. The number of amides is 2. The highest BCUT2D eigenvalue weighted by Crippen LogP contribution is 2.18. The number of nitrogens with one attached hydrogen (secondary N) is 2. The topological polar surface area (TPSA) is 67.4 Å². The third-order valence-electron chi connectivity index (χ3n) is 3.91. The minimum absolute atomic E-state index is 0.182. The highest BCUT2D eigenvalue weighted by atomic mass is 16.5. The predicted molar refractivity (Wildman–Crippen MR) is 101 cm³/mol. The third kappa shape index (κ3) is 4.19. The third-order valence-corrected chi connectivity index (χ3v) is 3.91. The van der Waals surface area contributed by atoms with E-state index in [0.717, 1.165) is 21.9 Å². The Balaban J connectivity index is 1.58. The van der Waals surface area contributed by atoms with E-state index < -0.39 is 5.91 Å². The second-order valence-electron chi connectivity index (χ2n) is 6.14. The Hall–Kier alpha value is -3.34. The zero-order valence-corrected chi connectivity index (χ0v) is 14.7. The van der Waals surface area contributed by atoms with Crippen LogP contribution in [-0.2, 0) is 4.79 Å². The van der Waals surface area contributed by atoms with Crippen LogP contribution in [0.2, 0.25) is 0 Å². The summed E-state index contributed by atoms with van der Waals surface area (Å²) in [6, 6.07) is 18.8. The van der Waals surface area contributed by atoms with Crippen molar-refractivity contribution in [2.75, 3.05) is 6.61 Å². The number of hydrazine groups is 1. The van der Waals surface area contributed by atoms with Crippen LogP contribution in [0.4, 0.5) is 0 Å². The maximum atomic E-state index is 12.4. The number of ether oxygens (including phenoxy) is 1. The Labute approximate surface area is 152 Å². The molecule has 0 spiro atoms. The molecule has 2 N–H and O–H groups in total. The molecular formula is C21H20N2O3. The number of aryl methyl sites for hydroxylation is 2. The van der Waals surface area contributed by atoms with Crippen molar-refractivity contribution in [3.63, 3.8) is 0 Å². The molecule has 5 heteroatoms. The molecule has 0 aliphatic rings. The first-order chi connectivity index (χ1) is 12.5. The lowest BCUT2D eigenvalue weighted by Gasteiger charge is -2.11. The van der Waals surface area contributed by atoms with Gasteiger partial charge in [0, 0.05) is 5.56 Å². The highest BCUT2D eigenvalue weighted by Gasteiger charge is 2.11. The van der Waals surface area contributed by atoms with E-state index in [-0.39, 0.29) is 12.5 Å². The van der Waals surface area contributed by atoms with Gasteiger partial charge in [-0.3, -0.25) is 20.4 Å². The molecule has 26 heavy (non-hydrogen) atoms. The van der Waals surface area contributed by atoms with Crippen molar-refractivity contribution in [2.45, 2.75) is 13.8 Å². The summed E-state index contributed by atoms with van der Waals surface area (Å²) in [5.41, 5.74) is 7.43. The summed E-state index contributed by atoms with van der Waals surface area (Å²) < 4.78 is 5.47. The number of rotatable bonds is 4. The van der Waals surface area contributed by atoms with Crippen LogP contribution in [0.25, 0.3) is 10.8 Å². The van der Waals surface area contributed by atoms with Gasteiger partial charge in [0.1, 0.15) is 5.75 Å². The summed E-state index contributed by atoms with van der Waals surface area (Å²) in [4.78, 5) is 24.3. The molecule has 0 unspecified atom stereocenters. The predicted octanol–water partition coefficient (Wildman–Crippen LogP) is 3.30.